The smallest absolute Gasteiger partial charge is 0.264 e. The van der Waals surface area contributed by atoms with Crippen LogP contribution in [0.4, 0.5) is 8.78 Å². The highest BCUT2D eigenvalue weighted by Crippen LogP contribution is 2.29. The molecule has 2 heterocycles. The number of fused-ring (bicyclic) bond motifs is 1. The fourth-order valence-electron chi connectivity index (χ4n) is 3.05. The van der Waals surface area contributed by atoms with Crippen LogP contribution < -0.4 is 5.32 Å². The number of carbonyl (C=O) groups excluding carboxylic acids is 1. The van der Waals surface area contributed by atoms with E-state index in [4.69, 9.17) is 0 Å². The Balaban J connectivity index is 1.86. The summed E-state index contributed by atoms with van der Waals surface area (Å²) < 4.78 is 28.1. The van der Waals surface area contributed by atoms with Crippen molar-refractivity contribution in [1.82, 2.24) is 20.1 Å². The van der Waals surface area contributed by atoms with Crippen LogP contribution in [-0.2, 0) is 11.3 Å². The van der Waals surface area contributed by atoms with E-state index < -0.39 is 6.43 Å². The summed E-state index contributed by atoms with van der Waals surface area (Å²) in [4.78, 5) is 16.7. The minimum atomic E-state index is -2.62. The zero-order valence-corrected chi connectivity index (χ0v) is 14.8. The lowest BCUT2D eigenvalue weighted by Gasteiger charge is -2.14. The Bertz CT molecular complexity index is 938. The van der Waals surface area contributed by atoms with Gasteiger partial charge in [-0.25, -0.2) is 18.4 Å². The number of benzene rings is 1. The fraction of sp³-hybridized carbons (Fsp3) is 0.316. The first-order valence-corrected chi connectivity index (χ1v) is 8.34. The molecule has 1 N–H and O–H groups in total. The highest BCUT2D eigenvalue weighted by atomic mass is 19.3. The normalized spacial score (nSPS) is 12.5. The summed E-state index contributed by atoms with van der Waals surface area (Å²) in [5.41, 5.74) is 2.09. The number of pyridine rings is 1. The topological polar surface area (TPSA) is 59.8 Å². The lowest BCUT2D eigenvalue weighted by molar-refractivity contribution is -0.122. The van der Waals surface area contributed by atoms with E-state index >= 15 is 0 Å². The van der Waals surface area contributed by atoms with E-state index in [2.05, 4.69) is 15.4 Å². The van der Waals surface area contributed by atoms with E-state index in [0.29, 0.717) is 22.4 Å². The number of nitrogens with one attached hydrogen (secondary N) is 1. The highest BCUT2D eigenvalue weighted by Gasteiger charge is 2.21. The van der Waals surface area contributed by atoms with Crippen LogP contribution in [-0.4, -0.2) is 20.7 Å². The van der Waals surface area contributed by atoms with Gasteiger partial charge >= 0.3 is 0 Å². The van der Waals surface area contributed by atoms with Crippen LogP contribution in [0, 0.1) is 13.8 Å². The Morgan fingerprint density at radius 1 is 1.23 bits per heavy atom. The van der Waals surface area contributed by atoms with Crippen molar-refractivity contribution in [3.8, 4) is 0 Å². The maximum atomic E-state index is 13.3. The van der Waals surface area contributed by atoms with Crippen LogP contribution >= 0.6 is 0 Å². The van der Waals surface area contributed by atoms with Crippen LogP contribution in [0.5, 0.6) is 0 Å². The van der Waals surface area contributed by atoms with Crippen LogP contribution in [0.2, 0.25) is 0 Å². The number of aryl methyl sites for hydroxylation is 2. The van der Waals surface area contributed by atoms with Gasteiger partial charge in [-0.1, -0.05) is 30.3 Å². The Labute approximate surface area is 150 Å². The number of rotatable bonds is 5. The van der Waals surface area contributed by atoms with Gasteiger partial charge < -0.3 is 5.32 Å². The van der Waals surface area contributed by atoms with Crippen LogP contribution in [0.1, 0.15) is 41.9 Å². The average Bonchev–Trinajstić information content (AvgIpc) is 2.90. The molecule has 7 heteroatoms. The molecule has 0 aliphatic rings. The summed E-state index contributed by atoms with van der Waals surface area (Å²) in [5.74, 6) is -0.257. The SMILES string of the molecule is Cc1cc(C(F)F)c2c(C)nn(CC(=O)NC(C)c3ccccc3)c2n1. The molecule has 0 saturated carbocycles. The van der Waals surface area contributed by atoms with Gasteiger partial charge in [0.1, 0.15) is 6.54 Å². The molecule has 0 fully saturated rings. The van der Waals surface area contributed by atoms with E-state index in [1.807, 2.05) is 37.3 Å². The van der Waals surface area contributed by atoms with Crippen molar-refractivity contribution >= 4 is 16.9 Å². The van der Waals surface area contributed by atoms with E-state index in [-0.39, 0.29) is 24.1 Å². The molecule has 0 aliphatic carbocycles. The summed E-state index contributed by atoms with van der Waals surface area (Å²) in [5, 5.41) is 7.46. The number of carbonyl (C=O) groups is 1. The van der Waals surface area contributed by atoms with Crippen LogP contribution in [0.15, 0.2) is 36.4 Å². The number of hydrogen-bond donors (Lipinski definition) is 1. The minimum absolute atomic E-state index is 0.0827. The van der Waals surface area contributed by atoms with Gasteiger partial charge in [0.25, 0.3) is 6.43 Å². The van der Waals surface area contributed by atoms with Gasteiger partial charge in [-0.3, -0.25) is 4.79 Å². The van der Waals surface area contributed by atoms with E-state index in [1.165, 1.54) is 10.7 Å². The van der Waals surface area contributed by atoms with Gasteiger partial charge in [0.05, 0.1) is 17.1 Å². The van der Waals surface area contributed by atoms with E-state index in [9.17, 15) is 13.6 Å². The Morgan fingerprint density at radius 3 is 2.58 bits per heavy atom. The van der Waals surface area contributed by atoms with Gasteiger partial charge in [-0.2, -0.15) is 5.10 Å². The second-order valence-electron chi connectivity index (χ2n) is 6.30. The number of amides is 1. The molecule has 1 aromatic carbocycles. The quantitative estimate of drug-likeness (QED) is 0.753. The van der Waals surface area contributed by atoms with Crippen molar-refractivity contribution in [3.63, 3.8) is 0 Å². The Hall–Kier alpha value is -2.83. The summed E-state index contributed by atoms with van der Waals surface area (Å²) in [7, 11) is 0. The first kappa shape index (κ1) is 18.0. The van der Waals surface area contributed by atoms with Crippen molar-refractivity contribution < 1.29 is 13.6 Å². The molecule has 3 aromatic rings. The molecule has 26 heavy (non-hydrogen) atoms. The first-order valence-electron chi connectivity index (χ1n) is 8.34. The molecule has 0 aliphatic heterocycles. The number of halogens is 2. The highest BCUT2D eigenvalue weighted by molar-refractivity contribution is 5.84. The predicted molar refractivity (Wildman–Crippen MR) is 95.0 cm³/mol. The Morgan fingerprint density at radius 2 is 1.92 bits per heavy atom. The molecule has 3 rings (SSSR count). The predicted octanol–water partition coefficient (Wildman–Crippen LogP) is 3.86. The van der Waals surface area contributed by atoms with Crippen molar-refractivity contribution in [2.24, 2.45) is 0 Å². The molecule has 136 valence electrons. The molecule has 0 saturated heterocycles. The molecule has 2 aromatic heterocycles. The molecule has 1 unspecified atom stereocenters. The van der Waals surface area contributed by atoms with Gasteiger partial charge in [-0.05, 0) is 32.4 Å². The van der Waals surface area contributed by atoms with Gasteiger partial charge in [0, 0.05) is 11.3 Å². The van der Waals surface area contributed by atoms with Gasteiger partial charge in [0.15, 0.2) is 5.65 Å². The molecular formula is C19H20F2N4O. The maximum Gasteiger partial charge on any atom is 0.264 e. The molecule has 1 amide bonds. The molecule has 0 bridgehead atoms. The molecule has 0 spiro atoms. The number of alkyl halides is 2. The van der Waals surface area contributed by atoms with E-state index in [1.54, 1.807) is 13.8 Å². The summed E-state index contributed by atoms with van der Waals surface area (Å²) >= 11 is 0. The van der Waals surface area contributed by atoms with Crippen molar-refractivity contribution in [2.45, 2.75) is 39.8 Å². The van der Waals surface area contributed by atoms with Crippen LogP contribution in [0.25, 0.3) is 11.0 Å². The standard InChI is InChI=1S/C19H20F2N4O/c1-11-9-15(18(20)21)17-13(3)24-25(19(17)22-11)10-16(26)23-12(2)14-7-5-4-6-8-14/h4-9,12,18H,10H2,1-3H3,(H,23,26). The van der Waals surface area contributed by atoms with Gasteiger partial charge in [0.2, 0.25) is 5.91 Å². The lowest BCUT2D eigenvalue weighted by atomic mass is 10.1. The van der Waals surface area contributed by atoms with Crippen molar-refractivity contribution in [3.05, 3.63) is 58.9 Å². The largest absolute Gasteiger partial charge is 0.348 e. The van der Waals surface area contributed by atoms with Crippen LogP contribution in [0.3, 0.4) is 0 Å². The molecular weight excluding hydrogens is 338 g/mol. The molecule has 1 atom stereocenters. The number of nitrogens with zero attached hydrogens (tertiary/aromatic N) is 3. The summed E-state index contributed by atoms with van der Waals surface area (Å²) in [6.45, 7) is 5.10. The second kappa shape index (κ2) is 7.19. The third kappa shape index (κ3) is 3.56. The maximum absolute atomic E-state index is 13.3. The summed E-state index contributed by atoms with van der Waals surface area (Å²) in [6.07, 6.45) is -2.62. The Kier molecular flexibility index (Phi) is 4.97. The summed E-state index contributed by atoms with van der Waals surface area (Å²) in [6, 6.07) is 10.8. The monoisotopic (exact) mass is 358 g/mol. The second-order valence-corrected chi connectivity index (χ2v) is 6.30. The average molecular weight is 358 g/mol. The lowest BCUT2D eigenvalue weighted by Crippen LogP contribution is -2.30. The molecule has 0 radical (unpaired) electrons. The zero-order chi connectivity index (χ0) is 18.8. The van der Waals surface area contributed by atoms with E-state index in [0.717, 1.165) is 5.56 Å². The van der Waals surface area contributed by atoms with Gasteiger partial charge in [-0.15, -0.1) is 0 Å². The third-order valence-corrected chi connectivity index (χ3v) is 4.24. The fourth-order valence-corrected chi connectivity index (χ4v) is 3.05. The van der Waals surface area contributed by atoms with Crippen molar-refractivity contribution in [1.29, 1.82) is 0 Å². The third-order valence-electron chi connectivity index (χ3n) is 4.24. The molecule has 5 nitrogen and oxygen atoms in total. The minimum Gasteiger partial charge on any atom is -0.348 e. The number of hydrogen-bond acceptors (Lipinski definition) is 3. The van der Waals surface area contributed by atoms with Crippen molar-refractivity contribution in [2.75, 3.05) is 0 Å². The number of aromatic nitrogens is 3. The zero-order valence-electron chi connectivity index (χ0n) is 14.8. The first-order chi connectivity index (χ1) is 12.4.